The van der Waals surface area contributed by atoms with Crippen molar-refractivity contribution in [2.45, 2.75) is 17.7 Å². The summed E-state index contributed by atoms with van der Waals surface area (Å²) in [7, 11) is -0.192. The molecule has 2 rings (SSSR count). The lowest BCUT2D eigenvalue weighted by molar-refractivity contribution is 0.0827. The molecule has 0 aromatic heterocycles. The number of rotatable bonds is 6. The highest BCUT2D eigenvalue weighted by molar-refractivity contribution is 7.89. The minimum Gasteiger partial charge on any atom is -0.345 e. The van der Waals surface area contributed by atoms with Gasteiger partial charge in [0.15, 0.2) is 0 Å². The maximum atomic E-state index is 12.2. The summed E-state index contributed by atoms with van der Waals surface area (Å²) >= 11 is 0. The van der Waals surface area contributed by atoms with Gasteiger partial charge in [-0.1, -0.05) is 0 Å². The second kappa shape index (κ2) is 7.21. The van der Waals surface area contributed by atoms with Gasteiger partial charge in [-0.25, -0.2) is 13.1 Å². The number of carbonyl (C=O) groups is 1. The van der Waals surface area contributed by atoms with Gasteiger partial charge in [-0.15, -0.1) is 0 Å². The second-order valence-corrected chi connectivity index (χ2v) is 7.54. The lowest BCUT2D eigenvalue weighted by atomic mass is 10.1. The summed E-state index contributed by atoms with van der Waals surface area (Å²) < 4.78 is 27.0. The number of amides is 1. The summed E-state index contributed by atoms with van der Waals surface area (Å²) in [6, 6.07) is 6.02. The summed E-state index contributed by atoms with van der Waals surface area (Å²) in [6.07, 6.45) is 1.94. The van der Waals surface area contributed by atoms with E-state index in [1.54, 1.807) is 14.1 Å². The number of hydrogen-bond acceptors (Lipinski definition) is 4. The first-order valence-electron chi connectivity index (χ1n) is 7.42. The fraction of sp³-hybridized carbons (Fsp3) is 0.533. The molecule has 0 spiro atoms. The quantitative estimate of drug-likeness (QED) is 0.806. The van der Waals surface area contributed by atoms with Crippen LogP contribution in [0.2, 0.25) is 0 Å². The molecule has 0 bridgehead atoms. The highest BCUT2D eigenvalue weighted by Gasteiger charge is 2.18. The Morgan fingerprint density at radius 1 is 1.32 bits per heavy atom. The molecule has 7 heteroatoms. The van der Waals surface area contributed by atoms with Gasteiger partial charge in [-0.05, 0) is 56.1 Å². The van der Waals surface area contributed by atoms with Crippen LogP contribution in [-0.4, -0.2) is 53.0 Å². The Bertz CT molecular complexity index is 605. The molecule has 1 saturated heterocycles. The van der Waals surface area contributed by atoms with Crippen LogP contribution in [-0.2, 0) is 10.0 Å². The van der Waals surface area contributed by atoms with Crippen molar-refractivity contribution in [2.75, 3.05) is 33.7 Å². The maximum Gasteiger partial charge on any atom is 0.253 e. The van der Waals surface area contributed by atoms with Crippen molar-refractivity contribution in [3.63, 3.8) is 0 Å². The third kappa shape index (κ3) is 4.28. The molecule has 1 aliphatic rings. The zero-order chi connectivity index (χ0) is 16.2. The van der Waals surface area contributed by atoms with E-state index in [-0.39, 0.29) is 10.8 Å². The van der Waals surface area contributed by atoms with Gasteiger partial charge in [0.2, 0.25) is 10.0 Å². The van der Waals surface area contributed by atoms with Crippen LogP contribution in [0.25, 0.3) is 0 Å². The average Bonchev–Trinajstić information content (AvgIpc) is 2.99. The van der Waals surface area contributed by atoms with E-state index in [0.717, 1.165) is 25.9 Å². The molecule has 2 N–H and O–H groups in total. The predicted octanol–water partition coefficient (Wildman–Crippen LogP) is 0.666. The van der Waals surface area contributed by atoms with Crippen LogP contribution in [0.15, 0.2) is 29.2 Å². The van der Waals surface area contributed by atoms with Crippen molar-refractivity contribution in [1.29, 1.82) is 0 Å². The SMILES string of the molecule is CN(C)C(=O)c1ccc(S(=O)(=O)NCCC2CCNC2)cc1. The van der Waals surface area contributed by atoms with Gasteiger partial charge in [0.25, 0.3) is 5.91 Å². The normalized spacial score (nSPS) is 18.4. The average molecular weight is 325 g/mol. The third-order valence-corrected chi connectivity index (χ3v) is 5.30. The maximum absolute atomic E-state index is 12.2. The number of hydrogen-bond donors (Lipinski definition) is 2. The summed E-state index contributed by atoms with van der Waals surface area (Å²) in [4.78, 5) is 13.4. The van der Waals surface area contributed by atoms with E-state index in [4.69, 9.17) is 0 Å². The number of nitrogens with one attached hydrogen (secondary N) is 2. The Morgan fingerprint density at radius 2 is 2.00 bits per heavy atom. The van der Waals surface area contributed by atoms with Gasteiger partial charge in [0.1, 0.15) is 0 Å². The Balaban J connectivity index is 1.95. The molecule has 0 radical (unpaired) electrons. The van der Waals surface area contributed by atoms with Crippen LogP contribution in [0.1, 0.15) is 23.2 Å². The molecular weight excluding hydrogens is 302 g/mol. The summed E-state index contributed by atoms with van der Waals surface area (Å²) in [5.74, 6) is 0.397. The van der Waals surface area contributed by atoms with Gasteiger partial charge in [0, 0.05) is 26.2 Å². The Kier molecular flexibility index (Phi) is 5.55. The monoisotopic (exact) mass is 325 g/mol. The van der Waals surface area contributed by atoms with E-state index in [1.807, 2.05) is 0 Å². The summed E-state index contributed by atoms with van der Waals surface area (Å²) in [5.41, 5.74) is 0.473. The molecule has 1 heterocycles. The Labute approximate surface area is 131 Å². The van der Waals surface area contributed by atoms with Gasteiger partial charge in [-0.2, -0.15) is 0 Å². The second-order valence-electron chi connectivity index (χ2n) is 5.77. The first-order valence-corrected chi connectivity index (χ1v) is 8.90. The van der Waals surface area contributed by atoms with Gasteiger partial charge in [-0.3, -0.25) is 4.79 Å². The molecule has 22 heavy (non-hydrogen) atoms. The van der Waals surface area contributed by atoms with Gasteiger partial charge < -0.3 is 10.2 Å². The molecule has 1 unspecified atom stereocenters. The molecule has 1 atom stereocenters. The molecule has 6 nitrogen and oxygen atoms in total. The zero-order valence-corrected chi connectivity index (χ0v) is 13.8. The van der Waals surface area contributed by atoms with E-state index in [2.05, 4.69) is 10.0 Å². The van der Waals surface area contributed by atoms with E-state index < -0.39 is 10.0 Å². The van der Waals surface area contributed by atoms with Crippen molar-refractivity contribution in [3.05, 3.63) is 29.8 Å². The molecule has 1 aromatic carbocycles. The Hall–Kier alpha value is -1.44. The molecule has 1 amide bonds. The first kappa shape index (κ1) is 16.9. The largest absolute Gasteiger partial charge is 0.345 e. The minimum absolute atomic E-state index is 0.148. The number of sulfonamides is 1. The number of nitrogens with zero attached hydrogens (tertiary/aromatic N) is 1. The highest BCUT2D eigenvalue weighted by Crippen LogP contribution is 2.14. The van der Waals surface area contributed by atoms with E-state index >= 15 is 0 Å². The van der Waals surface area contributed by atoms with E-state index in [9.17, 15) is 13.2 Å². The van der Waals surface area contributed by atoms with Crippen LogP contribution < -0.4 is 10.0 Å². The van der Waals surface area contributed by atoms with Crippen LogP contribution >= 0.6 is 0 Å². The molecular formula is C15H23N3O3S. The molecule has 1 aliphatic heterocycles. The predicted molar refractivity (Wildman–Crippen MR) is 85.2 cm³/mol. The van der Waals surface area contributed by atoms with Gasteiger partial charge in [0.05, 0.1) is 4.90 Å². The van der Waals surface area contributed by atoms with Crippen LogP contribution in [0.4, 0.5) is 0 Å². The smallest absolute Gasteiger partial charge is 0.253 e. The van der Waals surface area contributed by atoms with Crippen molar-refractivity contribution in [2.24, 2.45) is 5.92 Å². The lowest BCUT2D eigenvalue weighted by Gasteiger charge is -2.12. The summed E-state index contributed by atoms with van der Waals surface area (Å²) in [6.45, 7) is 2.41. The van der Waals surface area contributed by atoms with Crippen LogP contribution in [0.3, 0.4) is 0 Å². The molecule has 1 fully saturated rings. The highest BCUT2D eigenvalue weighted by atomic mass is 32.2. The fourth-order valence-electron chi connectivity index (χ4n) is 2.48. The van der Waals surface area contributed by atoms with Crippen molar-refractivity contribution < 1.29 is 13.2 Å². The standard InChI is InChI=1S/C15H23N3O3S/c1-18(2)15(19)13-3-5-14(6-4-13)22(20,21)17-10-8-12-7-9-16-11-12/h3-6,12,16-17H,7-11H2,1-2H3. The van der Waals surface area contributed by atoms with Crippen LogP contribution in [0.5, 0.6) is 0 Å². The zero-order valence-electron chi connectivity index (χ0n) is 13.0. The van der Waals surface area contributed by atoms with Crippen molar-refractivity contribution >= 4 is 15.9 Å². The first-order chi connectivity index (χ1) is 10.4. The lowest BCUT2D eigenvalue weighted by Crippen LogP contribution is -2.27. The molecule has 0 aliphatic carbocycles. The van der Waals surface area contributed by atoms with Gasteiger partial charge >= 0.3 is 0 Å². The topological polar surface area (TPSA) is 78.5 Å². The summed E-state index contributed by atoms with van der Waals surface area (Å²) in [5, 5.41) is 3.26. The molecule has 1 aromatic rings. The molecule has 0 saturated carbocycles. The third-order valence-electron chi connectivity index (χ3n) is 3.82. The minimum atomic E-state index is -3.51. The van der Waals surface area contributed by atoms with E-state index in [1.165, 1.54) is 29.2 Å². The number of benzene rings is 1. The molecule has 122 valence electrons. The van der Waals surface area contributed by atoms with E-state index in [0.29, 0.717) is 18.0 Å². The number of carbonyl (C=O) groups excluding carboxylic acids is 1. The van der Waals surface area contributed by atoms with Crippen molar-refractivity contribution in [1.82, 2.24) is 14.9 Å². The van der Waals surface area contributed by atoms with Crippen LogP contribution in [0, 0.1) is 5.92 Å². The fourth-order valence-corrected chi connectivity index (χ4v) is 3.52. The van der Waals surface area contributed by atoms with Crippen molar-refractivity contribution in [3.8, 4) is 0 Å². The Morgan fingerprint density at radius 3 is 2.55 bits per heavy atom.